The summed E-state index contributed by atoms with van der Waals surface area (Å²) in [5.74, 6) is 0.824. The maximum Gasteiger partial charge on any atom is 0.243 e. The lowest BCUT2D eigenvalue weighted by atomic mass is 10.1. The van der Waals surface area contributed by atoms with Crippen LogP contribution in [0.25, 0.3) is 11.3 Å². The normalized spacial score (nSPS) is 15.3. The predicted molar refractivity (Wildman–Crippen MR) is 119 cm³/mol. The summed E-state index contributed by atoms with van der Waals surface area (Å²) >= 11 is 0. The van der Waals surface area contributed by atoms with Gasteiger partial charge in [-0.1, -0.05) is 55.8 Å². The molecule has 0 spiro atoms. The molecule has 0 aliphatic carbocycles. The topological polar surface area (TPSA) is 66.4 Å². The molecule has 1 aromatic heterocycles. The van der Waals surface area contributed by atoms with Crippen molar-refractivity contribution in [3.05, 3.63) is 72.6 Å². The second-order valence-corrected chi connectivity index (χ2v) is 9.35. The highest BCUT2D eigenvalue weighted by Gasteiger charge is 2.29. The highest BCUT2D eigenvalue weighted by atomic mass is 32.2. The molecule has 2 heterocycles. The first-order valence-corrected chi connectivity index (χ1v) is 11.7. The van der Waals surface area contributed by atoms with Crippen molar-refractivity contribution >= 4 is 15.8 Å². The highest BCUT2D eigenvalue weighted by molar-refractivity contribution is 7.89. The van der Waals surface area contributed by atoms with Crippen LogP contribution in [0.3, 0.4) is 0 Å². The van der Waals surface area contributed by atoms with Crippen molar-refractivity contribution in [2.45, 2.75) is 24.7 Å². The first-order chi connectivity index (χ1) is 14.6. The quantitative estimate of drug-likeness (QED) is 0.607. The Morgan fingerprint density at radius 2 is 1.60 bits per heavy atom. The summed E-state index contributed by atoms with van der Waals surface area (Å²) in [4.78, 5) is 11.3. The maximum absolute atomic E-state index is 13.0. The van der Waals surface area contributed by atoms with Gasteiger partial charge in [-0.25, -0.2) is 18.4 Å². The van der Waals surface area contributed by atoms with E-state index in [-0.39, 0.29) is 0 Å². The monoisotopic (exact) mass is 422 g/mol. The lowest BCUT2D eigenvalue weighted by molar-refractivity contribution is 0.384. The van der Waals surface area contributed by atoms with Gasteiger partial charge in [-0.05, 0) is 24.1 Å². The molecule has 3 aromatic rings. The van der Waals surface area contributed by atoms with Gasteiger partial charge in [0.05, 0.1) is 10.6 Å². The Kier molecular flexibility index (Phi) is 6.11. The van der Waals surface area contributed by atoms with Crippen LogP contribution in [-0.2, 0) is 16.4 Å². The van der Waals surface area contributed by atoms with Crippen LogP contribution >= 0.6 is 0 Å². The predicted octanol–water partition coefficient (Wildman–Crippen LogP) is 3.61. The third-order valence-electron chi connectivity index (χ3n) is 5.38. The van der Waals surface area contributed by atoms with Crippen LogP contribution in [0.2, 0.25) is 0 Å². The molecule has 1 fully saturated rings. The number of anilines is 1. The summed E-state index contributed by atoms with van der Waals surface area (Å²) in [6.45, 7) is 4.18. The van der Waals surface area contributed by atoms with Crippen LogP contribution in [0.4, 0.5) is 5.82 Å². The van der Waals surface area contributed by atoms with Crippen molar-refractivity contribution < 1.29 is 8.42 Å². The van der Waals surface area contributed by atoms with E-state index in [0.717, 1.165) is 29.9 Å². The Morgan fingerprint density at radius 3 is 2.27 bits per heavy atom. The van der Waals surface area contributed by atoms with E-state index in [1.54, 1.807) is 22.8 Å². The van der Waals surface area contributed by atoms with Gasteiger partial charge >= 0.3 is 0 Å². The van der Waals surface area contributed by atoms with E-state index < -0.39 is 10.0 Å². The van der Waals surface area contributed by atoms with Gasteiger partial charge in [-0.3, -0.25) is 0 Å². The molecule has 0 bridgehead atoms. The summed E-state index contributed by atoms with van der Waals surface area (Å²) in [6, 6.07) is 19.2. The van der Waals surface area contributed by atoms with Gasteiger partial charge < -0.3 is 4.90 Å². The van der Waals surface area contributed by atoms with Crippen molar-refractivity contribution in [3.63, 3.8) is 0 Å². The van der Waals surface area contributed by atoms with Crippen LogP contribution in [-0.4, -0.2) is 48.9 Å². The third kappa shape index (κ3) is 4.37. The Morgan fingerprint density at radius 1 is 0.900 bits per heavy atom. The summed E-state index contributed by atoms with van der Waals surface area (Å²) in [6.07, 6.45) is 3.57. The Balaban J connectivity index is 1.45. The minimum atomic E-state index is -3.48. The fraction of sp³-hybridized carbons (Fsp3) is 0.304. The van der Waals surface area contributed by atoms with Gasteiger partial charge in [-0.2, -0.15) is 4.31 Å². The molecule has 0 unspecified atom stereocenters. The SMILES string of the molecule is CCCc1ccc(S(=O)(=O)N2CCN(c3cc(-c4ccccc4)ncn3)CC2)cc1. The number of aromatic nitrogens is 2. The van der Waals surface area contributed by atoms with Crippen molar-refractivity contribution in [3.8, 4) is 11.3 Å². The van der Waals surface area contributed by atoms with E-state index in [4.69, 9.17) is 0 Å². The number of piperazine rings is 1. The van der Waals surface area contributed by atoms with E-state index in [2.05, 4.69) is 21.8 Å². The zero-order valence-corrected chi connectivity index (χ0v) is 17.9. The van der Waals surface area contributed by atoms with Crippen LogP contribution in [0.15, 0.2) is 71.9 Å². The number of benzene rings is 2. The number of hydrogen-bond acceptors (Lipinski definition) is 5. The second-order valence-electron chi connectivity index (χ2n) is 7.41. The van der Waals surface area contributed by atoms with Crippen LogP contribution in [0.5, 0.6) is 0 Å². The molecule has 2 aromatic carbocycles. The van der Waals surface area contributed by atoms with Crippen molar-refractivity contribution in [1.29, 1.82) is 0 Å². The summed E-state index contributed by atoms with van der Waals surface area (Å²) in [5.41, 5.74) is 3.07. The largest absolute Gasteiger partial charge is 0.354 e. The third-order valence-corrected chi connectivity index (χ3v) is 7.30. The van der Waals surface area contributed by atoms with E-state index in [9.17, 15) is 8.42 Å². The molecule has 7 heteroatoms. The van der Waals surface area contributed by atoms with Gasteiger partial charge in [-0.15, -0.1) is 0 Å². The van der Waals surface area contributed by atoms with Gasteiger partial charge in [0.2, 0.25) is 10.0 Å². The first kappa shape index (κ1) is 20.5. The van der Waals surface area contributed by atoms with Crippen LogP contribution < -0.4 is 4.90 Å². The lowest BCUT2D eigenvalue weighted by Crippen LogP contribution is -2.48. The zero-order chi connectivity index (χ0) is 21.0. The average Bonchev–Trinajstić information content (AvgIpc) is 2.80. The molecule has 30 heavy (non-hydrogen) atoms. The molecule has 1 aliphatic rings. The zero-order valence-electron chi connectivity index (χ0n) is 17.1. The van der Waals surface area contributed by atoms with Gasteiger partial charge in [0.1, 0.15) is 12.1 Å². The van der Waals surface area contributed by atoms with Crippen molar-refractivity contribution in [2.75, 3.05) is 31.1 Å². The number of nitrogens with zero attached hydrogens (tertiary/aromatic N) is 4. The number of rotatable bonds is 6. The molecular weight excluding hydrogens is 396 g/mol. The van der Waals surface area contributed by atoms with Gasteiger partial charge in [0, 0.05) is 37.8 Å². The molecule has 6 nitrogen and oxygen atoms in total. The summed E-state index contributed by atoms with van der Waals surface area (Å²) in [5, 5.41) is 0. The molecule has 0 amide bonds. The number of sulfonamides is 1. The molecule has 1 aliphatic heterocycles. The molecule has 156 valence electrons. The fourth-order valence-electron chi connectivity index (χ4n) is 3.71. The molecule has 4 rings (SSSR count). The minimum absolute atomic E-state index is 0.365. The van der Waals surface area contributed by atoms with E-state index >= 15 is 0 Å². The Hall–Kier alpha value is -2.77. The standard InChI is InChI=1S/C23H26N4O2S/c1-2-6-19-9-11-21(12-10-19)30(28,29)27-15-13-26(14-16-27)23-17-22(24-18-25-23)20-7-4-3-5-8-20/h3-5,7-12,17-18H,2,6,13-16H2,1H3. The van der Waals surface area contributed by atoms with Gasteiger partial charge in [0.15, 0.2) is 0 Å². The smallest absolute Gasteiger partial charge is 0.243 e. The summed E-state index contributed by atoms with van der Waals surface area (Å²) < 4.78 is 27.6. The minimum Gasteiger partial charge on any atom is -0.354 e. The molecule has 1 saturated heterocycles. The number of aryl methyl sites for hydroxylation is 1. The maximum atomic E-state index is 13.0. The fourth-order valence-corrected chi connectivity index (χ4v) is 5.13. The molecule has 0 radical (unpaired) electrons. The van der Waals surface area contributed by atoms with E-state index in [1.807, 2.05) is 48.5 Å². The van der Waals surface area contributed by atoms with Crippen LogP contribution in [0.1, 0.15) is 18.9 Å². The molecular formula is C23H26N4O2S. The van der Waals surface area contributed by atoms with Crippen molar-refractivity contribution in [1.82, 2.24) is 14.3 Å². The van der Waals surface area contributed by atoms with Crippen molar-refractivity contribution in [2.24, 2.45) is 0 Å². The molecule has 0 saturated carbocycles. The van der Waals surface area contributed by atoms with Gasteiger partial charge in [0.25, 0.3) is 0 Å². The van der Waals surface area contributed by atoms with Crippen LogP contribution in [0, 0.1) is 0 Å². The molecule has 0 atom stereocenters. The Labute approximate surface area is 178 Å². The summed E-state index contributed by atoms with van der Waals surface area (Å²) in [7, 11) is -3.48. The molecule has 0 N–H and O–H groups in total. The Bertz CT molecular complexity index is 1080. The highest BCUT2D eigenvalue weighted by Crippen LogP contribution is 2.23. The number of hydrogen-bond donors (Lipinski definition) is 0. The average molecular weight is 423 g/mol. The van der Waals surface area contributed by atoms with E-state index in [1.165, 1.54) is 5.56 Å². The first-order valence-electron chi connectivity index (χ1n) is 10.3. The second kappa shape index (κ2) is 8.93. The lowest BCUT2D eigenvalue weighted by Gasteiger charge is -2.34. The van der Waals surface area contributed by atoms with E-state index in [0.29, 0.717) is 31.1 Å².